The molecular formula is C20H20ClN5O. The Bertz CT molecular complexity index is 933. The maximum absolute atomic E-state index is 12.6. The highest BCUT2D eigenvalue weighted by molar-refractivity contribution is 6.31. The molecule has 138 valence electrons. The molecule has 0 fully saturated rings. The van der Waals surface area contributed by atoms with Crippen molar-refractivity contribution in [1.29, 1.82) is 0 Å². The predicted molar refractivity (Wildman–Crippen MR) is 107 cm³/mol. The Hall–Kier alpha value is -2.99. The zero-order valence-electron chi connectivity index (χ0n) is 15.2. The number of pyridine rings is 1. The topological polar surface area (TPSA) is 71.0 Å². The molecule has 2 aromatic heterocycles. The fourth-order valence-corrected chi connectivity index (χ4v) is 2.69. The van der Waals surface area contributed by atoms with Crippen LogP contribution >= 0.6 is 11.6 Å². The van der Waals surface area contributed by atoms with Crippen LogP contribution < -0.4 is 10.2 Å². The van der Waals surface area contributed by atoms with Crippen LogP contribution in [0.25, 0.3) is 0 Å². The van der Waals surface area contributed by atoms with E-state index in [-0.39, 0.29) is 5.91 Å². The number of hydrogen-bond donors (Lipinski definition) is 1. The monoisotopic (exact) mass is 381 g/mol. The van der Waals surface area contributed by atoms with Crippen molar-refractivity contribution in [2.75, 3.05) is 23.8 Å². The molecule has 1 N–H and O–H groups in total. The van der Waals surface area contributed by atoms with Crippen LogP contribution in [0.4, 0.5) is 11.6 Å². The highest BCUT2D eigenvalue weighted by Crippen LogP contribution is 2.21. The molecule has 0 bridgehead atoms. The summed E-state index contributed by atoms with van der Waals surface area (Å²) in [5.74, 6) is 0.200. The molecule has 0 radical (unpaired) electrons. The molecule has 3 rings (SSSR count). The third-order valence-electron chi connectivity index (χ3n) is 4.15. The number of nitrogens with zero attached hydrogens (tertiary/aromatic N) is 4. The summed E-state index contributed by atoms with van der Waals surface area (Å²) in [7, 11) is 1.90. The first-order valence-electron chi connectivity index (χ1n) is 8.53. The van der Waals surface area contributed by atoms with Crippen molar-refractivity contribution in [3.63, 3.8) is 0 Å². The van der Waals surface area contributed by atoms with Crippen LogP contribution in [0, 0.1) is 6.92 Å². The molecule has 0 saturated carbocycles. The minimum absolute atomic E-state index is 0.299. The Kier molecular flexibility index (Phi) is 5.98. The van der Waals surface area contributed by atoms with Gasteiger partial charge in [-0.25, -0.2) is 9.97 Å². The first kappa shape index (κ1) is 18.8. The molecule has 0 aliphatic rings. The third-order valence-corrected chi connectivity index (χ3v) is 4.39. The van der Waals surface area contributed by atoms with Gasteiger partial charge in [-0.3, -0.25) is 9.78 Å². The number of carbonyl (C=O) groups excluding carboxylic acids is 1. The van der Waals surface area contributed by atoms with E-state index in [2.05, 4.69) is 20.3 Å². The fourth-order valence-electron chi connectivity index (χ4n) is 2.52. The number of hydrogen-bond acceptors (Lipinski definition) is 5. The van der Waals surface area contributed by atoms with Crippen molar-refractivity contribution in [3.05, 3.63) is 76.8 Å². The molecule has 1 amide bonds. The fraction of sp³-hybridized carbons (Fsp3) is 0.200. The highest BCUT2D eigenvalue weighted by atomic mass is 35.5. The van der Waals surface area contributed by atoms with Crippen LogP contribution in [0.15, 0.2) is 55.0 Å². The number of rotatable bonds is 6. The molecule has 0 saturated heterocycles. The second kappa shape index (κ2) is 8.60. The summed E-state index contributed by atoms with van der Waals surface area (Å²) in [6.45, 7) is 2.63. The number of halogens is 1. The lowest BCUT2D eigenvalue weighted by Gasteiger charge is -2.17. The second-order valence-corrected chi connectivity index (χ2v) is 6.62. The lowest BCUT2D eigenvalue weighted by atomic mass is 10.2. The van der Waals surface area contributed by atoms with Gasteiger partial charge in [0.15, 0.2) is 0 Å². The Morgan fingerprint density at radius 2 is 1.93 bits per heavy atom. The molecule has 7 heteroatoms. The van der Waals surface area contributed by atoms with Gasteiger partial charge in [-0.1, -0.05) is 17.7 Å². The van der Waals surface area contributed by atoms with E-state index in [1.54, 1.807) is 36.8 Å². The van der Waals surface area contributed by atoms with E-state index in [4.69, 9.17) is 11.6 Å². The standard InChI is InChI=1S/C20H20ClN5O/c1-14-3-4-16(21)13-18(14)24-19(27)17-7-11-23-20(25-17)26(2)12-8-15-5-9-22-10-6-15/h3-7,9-11,13H,8,12H2,1-2H3,(H,24,27). The van der Waals surface area contributed by atoms with E-state index >= 15 is 0 Å². The summed E-state index contributed by atoms with van der Waals surface area (Å²) in [5.41, 5.74) is 3.08. The first-order chi connectivity index (χ1) is 13.0. The van der Waals surface area contributed by atoms with Crippen molar-refractivity contribution in [2.24, 2.45) is 0 Å². The van der Waals surface area contributed by atoms with Crippen molar-refractivity contribution in [3.8, 4) is 0 Å². The van der Waals surface area contributed by atoms with Gasteiger partial charge in [0.25, 0.3) is 5.91 Å². The van der Waals surface area contributed by atoms with Crippen molar-refractivity contribution >= 4 is 29.1 Å². The molecule has 0 aliphatic heterocycles. The maximum atomic E-state index is 12.6. The van der Waals surface area contributed by atoms with Gasteiger partial charge in [-0.2, -0.15) is 0 Å². The quantitative estimate of drug-likeness (QED) is 0.703. The van der Waals surface area contributed by atoms with Gasteiger partial charge in [-0.05, 0) is 54.8 Å². The average Bonchev–Trinajstić information content (AvgIpc) is 2.69. The Morgan fingerprint density at radius 1 is 1.15 bits per heavy atom. The normalized spacial score (nSPS) is 10.5. The van der Waals surface area contributed by atoms with Crippen molar-refractivity contribution < 1.29 is 4.79 Å². The zero-order chi connectivity index (χ0) is 19.2. The van der Waals surface area contributed by atoms with E-state index in [1.807, 2.05) is 37.1 Å². The molecule has 1 aromatic carbocycles. The molecule has 2 heterocycles. The summed E-state index contributed by atoms with van der Waals surface area (Å²) in [5, 5.41) is 3.42. The molecule has 27 heavy (non-hydrogen) atoms. The molecule has 0 aliphatic carbocycles. The lowest BCUT2D eigenvalue weighted by molar-refractivity contribution is 0.102. The Balaban J connectivity index is 1.68. The molecular weight excluding hydrogens is 362 g/mol. The number of amides is 1. The molecule has 0 unspecified atom stereocenters. The maximum Gasteiger partial charge on any atom is 0.274 e. The van der Waals surface area contributed by atoms with Crippen LogP contribution in [0.1, 0.15) is 21.6 Å². The number of anilines is 2. The minimum atomic E-state index is -0.299. The highest BCUT2D eigenvalue weighted by Gasteiger charge is 2.13. The van der Waals surface area contributed by atoms with Crippen LogP contribution in [0.5, 0.6) is 0 Å². The van der Waals surface area contributed by atoms with Crippen LogP contribution in [-0.2, 0) is 6.42 Å². The smallest absolute Gasteiger partial charge is 0.274 e. The minimum Gasteiger partial charge on any atom is -0.344 e. The Labute approximate surface area is 163 Å². The van der Waals surface area contributed by atoms with E-state index in [0.29, 0.717) is 22.4 Å². The number of carbonyl (C=O) groups is 1. The molecule has 0 atom stereocenters. The van der Waals surface area contributed by atoms with Gasteiger partial charge in [0, 0.05) is 42.9 Å². The summed E-state index contributed by atoms with van der Waals surface area (Å²) in [4.78, 5) is 27.2. The number of aryl methyl sites for hydroxylation is 1. The van der Waals surface area contributed by atoms with Gasteiger partial charge in [-0.15, -0.1) is 0 Å². The predicted octanol–water partition coefficient (Wildman–Crippen LogP) is 3.76. The van der Waals surface area contributed by atoms with Crippen molar-refractivity contribution in [1.82, 2.24) is 15.0 Å². The van der Waals surface area contributed by atoms with Gasteiger partial charge in [0.05, 0.1) is 0 Å². The van der Waals surface area contributed by atoms with Gasteiger partial charge >= 0.3 is 0 Å². The van der Waals surface area contributed by atoms with Gasteiger partial charge < -0.3 is 10.2 Å². The lowest BCUT2D eigenvalue weighted by Crippen LogP contribution is -2.24. The van der Waals surface area contributed by atoms with Crippen molar-refractivity contribution in [2.45, 2.75) is 13.3 Å². The number of benzene rings is 1. The van der Waals surface area contributed by atoms with Gasteiger partial charge in [0.2, 0.25) is 5.95 Å². The van der Waals surface area contributed by atoms with Gasteiger partial charge in [0.1, 0.15) is 5.69 Å². The third kappa shape index (κ3) is 5.01. The summed E-state index contributed by atoms with van der Waals surface area (Å²) >= 11 is 6.01. The Morgan fingerprint density at radius 3 is 2.70 bits per heavy atom. The van der Waals surface area contributed by atoms with Crippen LogP contribution in [0.2, 0.25) is 5.02 Å². The summed E-state index contributed by atoms with van der Waals surface area (Å²) in [6.07, 6.45) is 5.97. The number of nitrogens with one attached hydrogen (secondary N) is 1. The number of likely N-dealkylation sites (N-methyl/N-ethyl adjacent to an activating group) is 1. The summed E-state index contributed by atoms with van der Waals surface area (Å²) < 4.78 is 0. The zero-order valence-corrected chi connectivity index (χ0v) is 15.9. The molecule has 0 spiro atoms. The molecule has 3 aromatic rings. The first-order valence-corrected chi connectivity index (χ1v) is 8.91. The summed E-state index contributed by atoms with van der Waals surface area (Å²) in [6, 6.07) is 10.9. The van der Waals surface area contributed by atoms with E-state index in [9.17, 15) is 4.79 Å². The van der Waals surface area contributed by atoms with E-state index in [0.717, 1.165) is 18.5 Å². The van der Waals surface area contributed by atoms with E-state index in [1.165, 1.54) is 5.56 Å². The average molecular weight is 382 g/mol. The number of aromatic nitrogens is 3. The van der Waals surface area contributed by atoms with Crippen LogP contribution in [-0.4, -0.2) is 34.5 Å². The largest absolute Gasteiger partial charge is 0.344 e. The van der Waals surface area contributed by atoms with E-state index < -0.39 is 0 Å². The molecule has 6 nitrogen and oxygen atoms in total. The second-order valence-electron chi connectivity index (χ2n) is 6.18. The van der Waals surface area contributed by atoms with Crippen LogP contribution in [0.3, 0.4) is 0 Å². The SMILES string of the molecule is Cc1ccc(Cl)cc1NC(=O)c1ccnc(N(C)CCc2ccncc2)n1.